The van der Waals surface area contributed by atoms with E-state index in [9.17, 15) is 14.4 Å². The Hall–Kier alpha value is -3.03. The number of nitrogens with zero attached hydrogens (tertiary/aromatic N) is 2. The summed E-state index contributed by atoms with van der Waals surface area (Å²) in [7, 11) is 0. The fourth-order valence-electron chi connectivity index (χ4n) is 2.75. The van der Waals surface area contributed by atoms with Gasteiger partial charge in [0.05, 0.1) is 6.54 Å². The maximum atomic E-state index is 12.0. The molecule has 8 nitrogen and oxygen atoms in total. The zero-order chi connectivity index (χ0) is 18.0. The molecule has 0 atom stereocenters. The van der Waals surface area contributed by atoms with Crippen LogP contribution in [0.15, 0.2) is 39.9 Å². The van der Waals surface area contributed by atoms with Gasteiger partial charge in [-0.25, -0.2) is 9.59 Å². The molecule has 1 saturated heterocycles. The maximum absolute atomic E-state index is 12.0. The van der Waals surface area contributed by atoms with Crippen molar-refractivity contribution >= 4 is 17.6 Å². The zero-order valence-corrected chi connectivity index (χ0v) is 14.1. The highest BCUT2D eigenvalue weighted by molar-refractivity contribution is 5.89. The van der Waals surface area contributed by atoms with Gasteiger partial charge in [0.15, 0.2) is 0 Å². The number of cyclic esters (lactones) is 1. The van der Waals surface area contributed by atoms with E-state index in [0.717, 1.165) is 15.8 Å². The molecule has 0 saturated carbocycles. The van der Waals surface area contributed by atoms with Gasteiger partial charge in [-0.15, -0.1) is 0 Å². The highest BCUT2D eigenvalue weighted by atomic mass is 16.6. The Labute approximate surface area is 144 Å². The largest absolute Gasteiger partial charge is 0.447 e. The van der Waals surface area contributed by atoms with Crippen LogP contribution in [0.1, 0.15) is 25.5 Å². The number of H-pyrrole nitrogens is 1. The van der Waals surface area contributed by atoms with Crippen LogP contribution in [0.3, 0.4) is 0 Å². The maximum Gasteiger partial charge on any atom is 0.414 e. The Morgan fingerprint density at radius 3 is 2.68 bits per heavy atom. The second-order valence-corrected chi connectivity index (χ2v) is 6.08. The predicted molar refractivity (Wildman–Crippen MR) is 94.2 cm³/mol. The van der Waals surface area contributed by atoms with E-state index in [-0.39, 0.29) is 17.7 Å². The number of anilines is 2. The van der Waals surface area contributed by atoms with Crippen LogP contribution in [0.2, 0.25) is 0 Å². The summed E-state index contributed by atoms with van der Waals surface area (Å²) in [6.07, 6.45) is -0.355. The number of aromatic nitrogens is 2. The molecule has 1 aliphatic rings. The lowest BCUT2D eigenvalue weighted by Gasteiger charge is -2.14. The van der Waals surface area contributed by atoms with Crippen molar-refractivity contribution in [2.45, 2.75) is 26.4 Å². The van der Waals surface area contributed by atoms with Crippen molar-refractivity contribution in [3.8, 4) is 0 Å². The summed E-state index contributed by atoms with van der Waals surface area (Å²) in [4.78, 5) is 39.9. The van der Waals surface area contributed by atoms with Gasteiger partial charge in [0.2, 0.25) is 0 Å². The topological polar surface area (TPSA) is 96.4 Å². The summed E-state index contributed by atoms with van der Waals surface area (Å²) in [5.74, 6) is 0.359. The van der Waals surface area contributed by atoms with E-state index >= 15 is 0 Å². The summed E-state index contributed by atoms with van der Waals surface area (Å²) in [6, 6.07) is 8.60. The van der Waals surface area contributed by atoms with Gasteiger partial charge in [0, 0.05) is 24.3 Å². The predicted octanol–water partition coefficient (Wildman–Crippen LogP) is 1.69. The molecule has 8 heteroatoms. The van der Waals surface area contributed by atoms with Crippen molar-refractivity contribution in [1.82, 2.24) is 9.55 Å². The highest BCUT2D eigenvalue weighted by Crippen LogP contribution is 2.20. The van der Waals surface area contributed by atoms with Crippen LogP contribution in [0.5, 0.6) is 0 Å². The van der Waals surface area contributed by atoms with Gasteiger partial charge in [0.25, 0.3) is 5.56 Å². The molecule has 132 valence electrons. The van der Waals surface area contributed by atoms with Crippen molar-refractivity contribution in [3.63, 3.8) is 0 Å². The quantitative estimate of drug-likeness (QED) is 0.860. The number of ether oxygens (including phenoxy) is 1. The van der Waals surface area contributed by atoms with E-state index in [2.05, 4.69) is 10.3 Å². The van der Waals surface area contributed by atoms with E-state index in [4.69, 9.17) is 4.74 Å². The van der Waals surface area contributed by atoms with E-state index < -0.39 is 5.69 Å². The molecule has 0 unspecified atom stereocenters. The lowest BCUT2D eigenvalue weighted by Crippen LogP contribution is -2.36. The normalized spacial score (nSPS) is 14.0. The Morgan fingerprint density at radius 1 is 1.24 bits per heavy atom. The van der Waals surface area contributed by atoms with Gasteiger partial charge < -0.3 is 10.1 Å². The summed E-state index contributed by atoms with van der Waals surface area (Å²) in [5.41, 5.74) is 0.866. The molecule has 1 amide bonds. The van der Waals surface area contributed by atoms with E-state index in [0.29, 0.717) is 25.5 Å². The molecule has 2 N–H and O–H groups in total. The van der Waals surface area contributed by atoms with E-state index in [1.54, 1.807) is 18.7 Å². The van der Waals surface area contributed by atoms with Crippen molar-refractivity contribution < 1.29 is 9.53 Å². The van der Waals surface area contributed by atoms with E-state index in [1.165, 1.54) is 6.07 Å². The molecule has 0 aliphatic carbocycles. The number of rotatable bonds is 5. The van der Waals surface area contributed by atoms with Crippen molar-refractivity contribution in [3.05, 3.63) is 56.7 Å². The Balaban J connectivity index is 1.75. The molecular weight excluding hydrogens is 324 g/mol. The van der Waals surface area contributed by atoms with Crippen LogP contribution in [0.4, 0.5) is 16.3 Å². The fourth-order valence-corrected chi connectivity index (χ4v) is 2.75. The Morgan fingerprint density at radius 2 is 2.04 bits per heavy atom. The molecule has 1 aromatic carbocycles. The van der Waals surface area contributed by atoms with Crippen LogP contribution in [0.25, 0.3) is 0 Å². The van der Waals surface area contributed by atoms with Crippen LogP contribution >= 0.6 is 0 Å². The molecule has 2 heterocycles. The molecule has 0 bridgehead atoms. The third kappa shape index (κ3) is 3.57. The lowest BCUT2D eigenvalue weighted by molar-refractivity contribution is 0.181. The molecule has 3 rings (SSSR count). The fraction of sp³-hybridized carbons (Fsp3) is 0.353. The number of amides is 1. The highest BCUT2D eigenvalue weighted by Gasteiger charge is 2.23. The van der Waals surface area contributed by atoms with Crippen LogP contribution in [-0.4, -0.2) is 28.8 Å². The second-order valence-electron chi connectivity index (χ2n) is 6.08. The van der Waals surface area contributed by atoms with Gasteiger partial charge in [0.1, 0.15) is 12.4 Å². The zero-order valence-electron chi connectivity index (χ0n) is 14.1. The van der Waals surface area contributed by atoms with Gasteiger partial charge in [-0.3, -0.25) is 19.2 Å². The van der Waals surface area contributed by atoms with Crippen LogP contribution in [0, 0.1) is 0 Å². The number of benzene rings is 1. The van der Waals surface area contributed by atoms with Gasteiger partial charge >= 0.3 is 11.8 Å². The summed E-state index contributed by atoms with van der Waals surface area (Å²) < 4.78 is 6.10. The third-order valence-corrected chi connectivity index (χ3v) is 3.95. The van der Waals surface area contributed by atoms with Crippen molar-refractivity contribution in [1.29, 1.82) is 0 Å². The first-order valence-corrected chi connectivity index (χ1v) is 8.08. The molecule has 1 aliphatic heterocycles. The number of carbonyl (C=O) groups is 1. The second kappa shape index (κ2) is 6.84. The van der Waals surface area contributed by atoms with Crippen molar-refractivity contribution in [2.75, 3.05) is 23.4 Å². The average Bonchev–Trinajstić information content (AvgIpc) is 2.98. The molecule has 1 aromatic heterocycles. The number of aromatic amines is 1. The molecule has 1 fully saturated rings. The standard InChI is InChI=1S/C17H20N4O4/c1-11(2)21-15(22)9-14(19-16(21)23)18-10-12-4-3-5-13(8-12)20-6-7-25-17(20)24/h3-5,8-9,11,18H,6-7,10H2,1-2H3,(H,19,23). The average molecular weight is 344 g/mol. The Bertz CT molecular complexity index is 869. The van der Waals surface area contributed by atoms with Crippen molar-refractivity contribution in [2.24, 2.45) is 0 Å². The number of hydrogen-bond donors (Lipinski definition) is 2. The minimum Gasteiger partial charge on any atom is -0.447 e. The van der Waals surface area contributed by atoms with Crippen LogP contribution in [-0.2, 0) is 11.3 Å². The number of hydrogen-bond acceptors (Lipinski definition) is 5. The van der Waals surface area contributed by atoms with Gasteiger partial charge in [-0.1, -0.05) is 12.1 Å². The minimum atomic E-state index is -0.446. The van der Waals surface area contributed by atoms with E-state index in [1.807, 2.05) is 24.3 Å². The molecule has 0 spiro atoms. The number of carbonyl (C=O) groups excluding carboxylic acids is 1. The van der Waals surface area contributed by atoms with Gasteiger partial charge in [-0.2, -0.15) is 0 Å². The smallest absolute Gasteiger partial charge is 0.414 e. The molecule has 25 heavy (non-hydrogen) atoms. The molecular formula is C17H20N4O4. The monoisotopic (exact) mass is 344 g/mol. The summed E-state index contributed by atoms with van der Waals surface area (Å²) >= 11 is 0. The first kappa shape index (κ1) is 16.8. The van der Waals surface area contributed by atoms with Crippen LogP contribution < -0.4 is 21.5 Å². The minimum absolute atomic E-state index is 0.206. The first-order valence-electron chi connectivity index (χ1n) is 8.08. The number of nitrogens with one attached hydrogen (secondary N) is 2. The lowest BCUT2D eigenvalue weighted by atomic mass is 10.2. The SMILES string of the molecule is CC(C)n1c(=O)cc(NCc2cccc(N3CCOC3=O)c2)[nH]c1=O. The third-order valence-electron chi connectivity index (χ3n) is 3.95. The summed E-state index contributed by atoms with van der Waals surface area (Å²) in [5, 5.41) is 3.03. The van der Waals surface area contributed by atoms with Gasteiger partial charge in [-0.05, 0) is 31.5 Å². The first-order chi connectivity index (χ1) is 12.0. The molecule has 0 radical (unpaired) electrons. The Kier molecular flexibility index (Phi) is 4.60. The summed E-state index contributed by atoms with van der Waals surface area (Å²) in [6.45, 7) is 4.86. The molecule has 2 aromatic rings.